The smallest absolute Gasteiger partial charge is 0.308 e. The van der Waals surface area contributed by atoms with Gasteiger partial charge in [-0.25, -0.2) is 0 Å². The van der Waals surface area contributed by atoms with Crippen molar-refractivity contribution in [3.8, 4) is 0 Å². The van der Waals surface area contributed by atoms with Gasteiger partial charge in [-0.15, -0.1) is 0 Å². The Balaban J connectivity index is 2.32. The van der Waals surface area contributed by atoms with Gasteiger partial charge in [0.25, 0.3) is 11.8 Å². The minimum atomic E-state index is -0.938. The van der Waals surface area contributed by atoms with Gasteiger partial charge < -0.3 is 5.11 Å². The molecule has 0 saturated carbocycles. The molecule has 26 heavy (non-hydrogen) atoms. The largest absolute Gasteiger partial charge is 0.481 e. The molecular formula is C17H22N2O4S3. The van der Waals surface area contributed by atoms with E-state index in [9.17, 15) is 14.4 Å². The molecule has 0 bridgehead atoms. The lowest BCUT2D eigenvalue weighted by atomic mass is 10.1. The highest BCUT2D eigenvalue weighted by molar-refractivity contribution is 8.28. The zero-order chi connectivity index (χ0) is 19.3. The number of unbranched alkanes of at least 4 members (excludes halogenated alkanes) is 2. The zero-order valence-electron chi connectivity index (χ0n) is 14.8. The molecule has 2 amide bonds. The Morgan fingerprint density at radius 2 is 1.65 bits per heavy atom. The fourth-order valence-electron chi connectivity index (χ4n) is 2.51. The lowest BCUT2D eigenvalue weighted by molar-refractivity contribution is -0.136. The minimum Gasteiger partial charge on any atom is -0.481 e. The lowest BCUT2D eigenvalue weighted by Gasteiger charge is -2.37. The predicted octanol–water partition coefficient (Wildman–Crippen LogP) is 3.55. The average molecular weight is 415 g/mol. The first-order chi connectivity index (χ1) is 12.4. The van der Waals surface area contributed by atoms with Crippen LogP contribution >= 0.6 is 35.7 Å². The number of carbonyl (C=O) groups excluding carboxylic acids is 2. The number of nitrogens with zero attached hydrogens (tertiary/aromatic N) is 2. The molecule has 0 aliphatic carbocycles. The fraction of sp³-hybridized carbons (Fsp3) is 0.529. The lowest BCUT2D eigenvalue weighted by Crippen LogP contribution is -2.56. The maximum absolute atomic E-state index is 13.0. The molecule has 0 radical (unpaired) electrons. The van der Waals surface area contributed by atoms with E-state index in [1.807, 2.05) is 13.8 Å². The fourth-order valence-corrected chi connectivity index (χ4v) is 5.17. The van der Waals surface area contributed by atoms with Crippen LogP contribution in [0.2, 0.25) is 0 Å². The third-order valence-electron chi connectivity index (χ3n) is 3.90. The van der Waals surface area contributed by atoms with E-state index in [-0.39, 0.29) is 28.9 Å². The molecule has 1 N–H and O–H groups in total. The molecule has 0 unspecified atom stereocenters. The number of hydrogen-bond acceptors (Lipinski definition) is 6. The van der Waals surface area contributed by atoms with E-state index in [1.54, 1.807) is 5.41 Å². The first-order valence-electron chi connectivity index (χ1n) is 8.58. The number of rotatable bonds is 8. The average Bonchev–Trinajstić information content (AvgIpc) is 3.02. The summed E-state index contributed by atoms with van der Waals surface area (Å²) in [7, 11) is 0. The topological polar surface area (TPSA) is 77.9 Å². The number of amides is 2. The third-order valence-corrected chi connectivity index (χ3v) is 6.76. The quantitative estimate of drug-likeness (QED) is 0.370. The molecule has 9 heteroatoms. The highest BCUT2D eigenvalue weighted by atomic mass is 32.2. The Kier molecular flexibility index (Phi) is 7.72. The van der Waals surface area contributed by atoms with Crippen LogP contribution in [0.4, 0.5) is 0 Å². The Morgan fingerprint density at radius 3 is 2.12 bits per heavy atom. The monoisotopic (exact) mass is 414 g/mol. The van der Waals surface area contributed by atoms with Gasteiger partial charge in [0.2, 0.25) is 0 Å². The summed E-state index contributed by atoms with van der Waals surface area (Å²) >= 11 is 7.85. The molecule has 2 rings (SSSR count). The van der Waals surface area contributed by atoms with Crippen molar-refractivity contribution in [3.05, 3.63) is 20.1 Å². The van der Waals surface area contributed by atoms with Gasteiger partial charge in [-0.1, -0.05) is 50.2 Å². The van der Waals surface area contributed by atoms with Crippen LogP contribution in [-0.4, -0.2) is 50.9 Å². The van der Waals surface area contributed by atoms with Crippen LogP contribution in [0.25, 0.3) is 0 Å². The first kappa shape index (κ1) is 21.0. The van der Waals surface area contributed by atoms with E-state index < -0.39 is 5.97 Å². The van der Waals surface area contributed by atoms with Crippen LogP contribution < -0.4 is 0 Å². The van der Waals surface area contributed by atoms with Crippen molar-refractivity contribution in [1.29, 1.82) is 0 Å². The summed E-state index contributed by atoms with van der Waals surface area (Å²) in [6.45, 7) is 5.01. The van der Waals surface area contributed by atoms with Gasteiger partial charge in [-0.2, -0.15) is 0 Å². The maximum atomic E-state index is 13.0. The number of thioether (sulfide) groups is 2. The molecule has 1 fully saturated rings. The normalized spacial score (nSPS) is 18.1. The highest BCUT2D eigenvalue weighted by Crippen LogP contribution is 2.47. The summed E-state index contributed by atoms with van der Waals surface area (Å²) in [5.74, 6) is -1.69. The van der Waals surface area contributed by atoms with Crippen LogP contribution in [-0.2, 0) is 14.4 Å². The number of carbonyl (C=O) groups is 3. The molecule has 0 spiro atoms. The summed E-state index contributed by atoms with van der Waals surface area (Å²) in [6, 6.07) is 0. The second-order valence-electron chi connectivity index (χ2n) is 5.94. The minimum absolute atomic E-state index is 0.109. The predicted molar refractivity (Wildman–Crippen MR) is 108 cm³/mol. The summed E-state index contributed by atoms with van der Waals surface area (Å²) in [5, 5.41) is 10.9. The number of carboxylic acids is 1. The second kappa shape index (κ2) is 9.57. The molecule has 0 aromatic rings. The van der Waals surface area contributed by atoms with E-state index in [0.29, 0.717) is 22.2 Å². The molecule has 0 aromatic heterocycles. The summed E-state index contributed by atoms with van der Waals surface area (Å²) in [6.07, 6.45) is 3.30. The van der Waals surface area contributed by atoms with Crippen molar-refractivity contribution in [3.63, 3.8) is 0 Å². The molecule has 2 aliphatic rings. The first-order valence-corrected chi connectivity index (χ1v) is 10.7. The molecule has 1 saturated heterocycles. The van der Waals surface area contributed by atoms with E-state index >= 15 is 0 Å². The molecule has 142 valence electrons. The van der Waals surface area contributed by atoms with Crippen LogP contribution in [0.3, 0.4) is 0 Å². The van der Waals surface area contributed by atoms with Gasteiger partial charge in [0, 0.05) is 18.0 Å². The number of thiocarbonyl (C=S) groups is 1. The van der Waals surface area contributed by atoms with Crippen LogP contribution in [0.15, 0.2) is 20.1 Å². The second-order valence-corrected chi connectivity index (χ2v) is 8.58. The molecular weight excluding hydrogens is 392 g/mol. The Bertz CT molecular complexity index is 655. The molecule has 6 nitrogen and oxygen atoms in total. The van der Waals surface area contributed by atoms with Gasteiger partial charge in [0.1, 0.15) is 5.57 Å². The molecule has 0 atom stereocenters. The number of aliphatic carboxylic acids is 1. The van der Waals surface area contributed by atoms with Gasteiger partial charge >= 0.3 is 5.97 Å². The van der Waals surface area contributed by atoms with Gasteiger partial charge in [0.05, 0.1) is 10.7 Å². The Morgan fingerprint density at radius 1 is 1.12 bits per heavy atom. The molecule has 2 heterocycles. The molecule has 2 aliphatic heterocycles. The molecule has 0 aromatic carbocycles. The van der Waals surface area contributed by atoms with Crippen molar-refractivity contribution >= 4 is 58.6 Å². The van der Waals surface area contributed by atoms with E-state index in [0.717, 1.165) is 25.7 Å². The Hall–Kier alpha value is -1.32. The summed E-state index contributed by atoms with van der Waals surface area (Å²) < 4.78 is 0.543. The van der Waals surface area contributed by atoms with Crippen molar-refractivity contribution in [1.82, 2.24) is 9.80 Å². The number of carboxylic acid groups (broad SMARTS) is 1. The maximum Gasteiger partial charge on any atom is 0.308 e. The van der Waals surface area contributed by atoms with Gasteiger partial charge in [0.15, 0.2) is 5.11 Å². The van der Waals surface area contributed by atoms with Crippen LogP contribution in [0.5, 0.6) is 0 Å². The SMILES string of the molecule is CCCCN1C(=O)C(=C2SC=C(CC(=O)O)S2)C(=O)N(CCCC)C1=S. The standard InChI is InChI=1S/C17H22N2O4S3/c1-3-5-7-18-14(22)13(15(23)19(17(18)24)8-6-4-2)16-25-10-11(26-16)9-12(20)21/h10H,3-9H2,1-2H3,(H,20,21). The Labute approximate surface area is 167 Å². The van der Waals surface area contributed by atoms with Crippen molar-refractivity contribution in [2.45, 2.75) is 46.0 Å². The van der Waals surface area contributed by atoms with Crippen molar-refractivity contribution in [2.24, 2.45) is 0 Å². The van der Waals surface area contributed by atoms with E-state index in [4.69, 9.17) is 17.3 Å². The number of hydrogen-bond donors (Lipinski definition) is 1. The zero-order valence-corrected chi connectivity index (χ0v) is 17.3. The summed E-state index contributed by atoms with van der Waals surface area (Å²) in [5.41, 5.74) is 0.109. The third kappa shape index (κ3) is 4.69. The van der Waals surface area contributed by atoms with Crippen LogP contribution in [0.1, 0.15) is 46.0 Å². The van der Waals surface area contributed by atoms with Crippen molar-refractivity contribution < 1.29 is 19.5 Å². The van der Waals surface area contributed by atoms with E-state index in [1.165, 1.54) is 33.3 Å². The highest BCUT2D eigenvalue weighted by Gasteiger charge is 2.41. The van der Waals surface area contributed by atoms with Gasteiger partial charge in [-0.05, 0) is 30.5 Å². The van der Waals surface area contributed by atoms with Gasteiger partial charge in [-0.3, -0.25) is 24.2 Å². The summed E-state index contributed by atoms with van der Waals surface area (Å²) in [4.78, 5) is 40.5. The van der Waals surface area contributed by atoms with E-state index in [2.05, 4.69) is 0 Å². The van der Waals surface area contributed by atoms with Crippen molar-refractivity contribution in [2.75, 3.05) is 13.1 Å². The van der Waals surface area contributed by atoms with Crippen LogP contribution in [0, 0.1) is 0 Å².